The lowest BCUT2D eigenvalue weighted by Gasteiger charge is -1.98. The largest absolute Gasteiger partial charge is 0.468 e. The monoisotopic (exact) mass is 281 g/mol. The van der Waals surface area contributed by atoms with Crippen LogP contribution >= 0.6 is 0 Å². The highest BCUT2D eigenvalue weighted by Gasteiger charge is 2.02. The fourth-order valence-electron chi connectivity index (χ4n) is 0.983. The minimum atomic E-state index is -4.67. The number of hydrogen-bond acceptors (Lipinski definition) is 6. The van der Waals surface area contributed by atoms with Crippen molar-refractivity contribution in [3.63, 3.8) is 0 Å². The maximum absolute atomic E-state index is 10.9. The second-order valence-corrected chi connectivity index (χ2v) is 4.00. The quantitative estimate of drug-likeness (QED) is 0.466. The van der Waals surface area contributed by atoms with Gasteiger partial charge >= 0.3 is 16.4 Å². The van der Waals surface area contributed by atoms with E-state index in [0.717, 1.165) is 12.1 Å². The van der Waals surface area contributed by atoms with Gasteiger partial charge in [0.15, 0.2) is 0 Å². The van der Waals surface area contributed by atoms with E-state index in [2.05, 4.69) is 9.72 Å². The highest BCUT2D eigenvalue weighted by Crippen LogP contribution is 1.96. The fourth-order valence-corrected chi connectivity index (χ4v) is 0.983. The molecule has 1 aromatic heterocycles. The Morgan fingerprint density at radius 3 is 2.56 bits per heavy atom. The van der Waals surface area contributed by atoms with E-state index in [1.54, 1.807) is 17.1 Å². The molecule has 0 aliphatic carbocycles. The lowest BCUT2D eigenvalue weighted by atomic mass is 10.3. The SMILES string of the molecule is COC(=O)Cn1cnc(CCN)c1.O=S(=O)(O)O. The third-order valence-electron chi connectivity index (χ3n) is 1.63. The van der Waals surface area contributed by atoms with E-state index in [9.17, 15) is 4.79 Å². The predicted molar refractivity (Wildman–Crippen MR) is 61.2 cm³/mol. The van der Waals surface area contributed by atoms with Gasteiger partial charge in [-0.25, -0.2) is 4.98 Å². The van der Waals surface area contributed by atoms with Crippen LogP contribution in [0.5, 0.6) is 0 Å². The number of rotatable bonds is 4. The number of methoxy groups -OCH3 is 1. The van der Waals surface area contributed by atoms with Gasteiger partial charge < -0.3 is 15.0 Å². The Hall–Kier alpha value is -1.49. The van der Waals surface area contributed by atoms with Crippen molar-refractivity contribution in [3.8, 4) is 0 Å². The Labute approximate surface area is 104 Å². The summed E-state index contributed by atoms with van der Waals surface area (Å²) in [5, 5.41) is 0. The van der Waals surface area contributed by atoms with Crippen LogP contribution in [-0.2, 0) is 32.9 Å². The molecule has 0 saturated carbocycles. The Kier molecular flexibility index (Phi) is 7.12. The van der Waals surface area contributed by atoms with Crippen LogP contribution in [0, 0.1) is 0 Å². The summed E-state index contributed by atoms with van der Waals surface area (Å²) >= 11 is 0. The van der Waals surface area contributed by atoms with Crippen molar-refractivity contribution < 1.29 is 27.1 Å². The highest BCUT2D eigenvalue weighted by atomic mass is 32.3. The van der Waals surface area contributed by atoms with Crippen LogP contribution in [-0.4, -0.2) is 46.7 Å². The summed E-state index contributed by atoms with van der Waals surface area (Å²) in [6, 6.07) is 0. The predicted octanol–water partition coefficient (Wildman–Crippen LogP) is -1.10. The molecule has 0 fully saturated rings. The first-order valence-corrected chi connectivity index (χ1v) is 6.13. The molecule has 104 valence electrons. The van der Waals surface area contributed by atoms with E-state index in [0.29, 0.717) is 6.54 Å². The molecule has 0 amide bonds. The highest BCUT2D eigenvalue weighted by molar-refractivity contribution is 7.79. The number of esters is 1. The molecule has 0 spiro atoms. The number of carbonyl (C=O) groups excluding carboxylic acids is 1. The molecule has 0 unspecified atom stereocenters. The normalized spacial score (nSPS) is 10.4. The number of carbonyl (C=O) groups is 1. The Morgan fingerprint density at radius 2 is 2.11 bits per heavy atom. The van der Waals surface area contributed by atoms with Crippen LogP contribution in [0.3, 0.4) is 0 Å². The van der Waals surface area contributed by atoms with Crippen LogP contribution in [0.15, 0.2) is 12.5 Å². The topological polar surface area (TPSA) is 145 Å². The number of ether oxygens (including phenoxy) is 1. The number of nitrogens with zero attached hydrogens (tertiary/aromatic N) is 2. The molecule has 10 heteroatoms. The van der Waals surface area contributed by atoms with Crippen molar-refractivity contribution in [3.05, 3.63) is 18.2 Å². The van der Waals surface area contributed by atoms with Crippen molar-refractivity contribution in [1.29, 1.82) is 0 Å². The number of nitrogens with two attached hydrogens (primary N) is 1. The molecule has 0 atom stereocenters. The van der Waals surface area contributed by atoms with Crippen molar-refractivity contribution >= 4 is 16.4 Å². The van der Waals surface area contributed by atoms with E-state index in [4.69, 9.17) is 23.3 Å². The first kappa shape index (κ1) is 16.5. The average Bonchev–Trinajstić information content (AvgIpc) is 2.63. The van der Waals surface area contributed by atoms with Gasteiger partial charge in [0, 0.05) is 12.6 Å². The molecular formula is C8H15N3O6S. The molecule has 4 N–H and O–H groups in total. The zero-order valence-electron chi connectivity index (χ0n) is 9.68. The lowest BCUT2D eigenvalue weighted by Crippen LogP contribution is -2.09. The van der Waals surface area contributed by atoms with Crippen molar-refractivity contribution in [2.24, 2.45) is 5.73 Å². The fraction of sp³-hybridized carbons (Fsp3) is 0.500. The second kappa shape index (κ2) is 7.76. The van der Waals surface area contributed by atoms with Gasteiger partial charge in [0.05, 0.1) is 19.1 Å². The van der Waals surface area contributed by atoms with Crippen LogP contribution in [0.25, 0.3) is 0 Å². The van der Waals surface area contributed by atoms with E-state index < -0.39 is 10.4 Å². The molecule has 0 aliphatic rings. The summed E-state index contributed by atoms with van der Waals surface area (Å²) in [4.78, 5) is 14.9. The van der Waals surface area contributed by atoms with Crippen LogP contribution in [0.1, 0.15) is 5.69 Å². The van der Waals surface area contributed by atoms with Crippen LogP contribution < -0.4 is 5.73 Å². The molecule has 0 saturated heterocycles. The molecule has 0 radical (unpaired) electrons. The van der Waals surface area contributed by atoms with Gasteiger partial charge in [-0.05, 0) is 6.54 Å². The molecular weight excluding hydrogens is 266 g/mol. The summed E-state index contributed by atoms with van der Waals surface area (Å²) < 4.78 is 37.8. The molecule has 9 nitrogen and oxygen atoms in total. The van der Waals surface area contributed by atoms with Gasteiger partial charge in [-0.3, -0.25) is 13.9 Å². The van der Waals surface area contributed by atoms with Crippen molar-refractivity contribution in [2.45, 2.75) is 13.0 Å². The van der Waals surface area contributed by atoms with Crippen molar-refractivity contribution in [1.82, 2.24) is 9.55 Å². The van der Waals surface area contributed by atoms with Gasteiger partial charge in [-0.2, -0.15) is 8.42 Å². The lowest BCUT2D eigenvalue weighted by molar-refractivity contribution is -0.141. The molecule has 0 bridgehead atoms. The van der Waals surface area contributed by atoms with Gasteiger partial charge in [0.2, 0.25) is 0 Å². The van der Waals surface area contributed by atoms with Gasteiger partial charge in [-0.1, -0.05) is 0 Å². The summed E-state index contributed by atoms with van der Waals surface area (Å²) in [5.41, 5.74) is 6.25. The van der Waals surface area contributed by atoms with Gasteiger partial charge in [0.25, 0.3) is 0 Å². The minimum Gasteiger partial charge on any atom is -0.468 e. The Balaban J connectivity index is 0.000000494. The summed E-state index contributed by atoms with van der Waals surface area (Å²) in [5.74, 6) is -0.281. The third-order valence-corrected chi connectivity index (χ3v) is 1.63. The van der Waals surface area contributed by atoms with E-state index in [1.165, 1.54) is 7.11 Å². The molecule has 1 heterocycles. The number of hydrogen-bond donors (Lipinski definition) is 3. The average molecular weight is 281 g/mol. The summed E-state index contributed by atoms with van der Waals surface area (Å²) in [7, 11) is -3.31. The smallest absolute Gasteiger partial charge is 0.394 e. The zero-order valence-corrected chi connectivity index (χ0v) is 10.5. The second-order valence-electron chi connectivity index (χ2n) is 3.10. The van der Waals surface area contributed by atoms with E-state index in [-0.39, 0.29) is 12.5 Å². The summed E-state index contributed by atoms with van der Waals surface area (Å²) in [6.07, 6.45) is 4.12. The zero-order chi connectivity index (χ0) is 14.2. The molecule has 18 heavy (non-hydrogen) atoms. The molecule has 1 rings (SSSR count). The van der Waals surface area contributed by atoms with Crippen molar-refractivity contribution in [2.75, 3.05) is 13.7 Å². The first-order chi connectivity index (χ1) is 8.26. The first-order valence-electron chi connectivity index (χ1n) is 4.73. The van der Waals surface area contributed by atoms with E-state index >= 15 is 0 Å². The number of aromatic nitrogens is 2. The molecule has 0 aromatic carbocycles. The summed E-state index contributed by atoms with van der Waals surface area (Å²) in [6.45, 7) is 0.767. The minimum absolute atomic E-state index is 0.202. The van der Waals surface area contributed by atoms with Crippen LogP contribution in [0.4, 0.5) is 0 Å². The Morgan fingerprint density at radius 1 is 1.56 bits per heavy atom. The standard InChI is InChI=1S/C8H13N3O2.H2O4S/c1-13-8(12)5-11-4-7(2-3-9)10-6-11;1-5(2,3)4/h4,6H,2-3,5,9H2,1H3;(H2,1,2,3,4). The Bertz CT molecular complexity index is 461. The van der Waals surface area contributed by atoms with E-state index in [1.807, 2.05) is 0 Å². The maximum atomic E-state index is 10.9. The van der Waals surface area contributed by atoms with Crippen LogP contribution in [0.2, 0.25) is 0 Å². The van der Waals surface area contributed by atoms with Gasteiger partial charge in [-0.15, -0.1) is 0 Å². The third kappa shape index (κ3) is 9.72. The maximum Gasteiger partial charge on any atom is 0.394 e. The number of imidazole rings is 1. The van der Waals surface area contributed by atoms with Gasteiger partial charge in [0.1, 0.15) is 6.54 Å². The molecule has 1 aromatic rings. The molecule has 0 aliphatic heterocycles.